The molecule has 0 saturated heterocycles. The van der Waals surface area contributed by atoms with E-state index in [2.05, 4.69) is 9.47 Å². The zero-order valence-corrected chi connectivity index (χ0v) is 13.8. The van der Waals surface area contributed by atoms with Crippen LogP contribution in [0.1, 0.15) is 31.8 Å². The molecule has 28 heavy (non-hydrogen) atoms. The lowest BCUT2D eigenvalue weighted by Gasteiger charge is -2.22. The molecule has 0 heterocycles. The molecule has 0 unspecified atom stereocenters. The van der Waals surface area contributed by atoms with Crippen LogP contribution in [-0.2, 0) is 0 Å². The lowest BCUT2D eigenvalue weighted by atomic mass is 9.83. The molecule has 3 rings (SSSR count). The van der Waals surface area contributed by atoms with Crippen molar-refractivity contribution < 1.29 is 45.4 Å². The first-order valence-electron chi connectivity index (χ1n) is 7.72. The largest absolute Gasteiger partial charge is 0.483 e. The molecule has 2 aromatic rings. The van der Waals surface area contributed by atoms with Gasteiger partial charge < -0.3 is 9.47 Å². The Balaban J connectivity index is 2.06. The summed E-state index contributed by atoms with van der Waals surface area (Å²) in [7, 11) is 0. The van der Waals surface area contributed by atoms with Gasteiger partial charge in [0.05, 0.1) is 11.1 Å². The second-order valence-corrected chi connectivity index (χ2v) is 5.82. The molecule has 0 amide bonds. The van der Waals surface area contributed by atoms with Gasteiger partial charge in [-0.2, -0.15) is 26.3 Å². The fraction of sp³-hybridized carbons (Fsp3) is 0.222. The standard InChI is InChI=1S/C18H10F6O4/c19-17(20,21)7-27-11-5-1-3-9-13(11)16(26)14-10(15(9)25)4-2-6-12(14)28-8-18(22,23)24/h1-6H,7-8H2. The first kappa shape index (κ1) is 19.7. The Morgan fingerprint density at radius 3 is 1.39 bits per heavy atom. The first-order valence-corrected chi connectivity index (χ1v) is 7.72. The van der Waals surface area contributed by atoms with Crippen molar-refractivity contribution in [3.05, 3.63) is 58.7 Å². The zero-order chi connectivity index (χ0) is 20.7. The van der Waals surface area contributed by atoms with Crippen molar-refractivity contribution in [3.8, 4) is 11.5 Å². The van der Waals surface area contributed by atoms with Crippen molar-refractivity contribution >= 4 is 11.6 Å². The van der Waals surface area contributed by atoms with E-state index in [1.165, 1.54) is 24.3 Å². The summed E-state index contributed by atoms with van der Waals surface area (Å²) in [5.41, 5.74) is -1.31. The number of benzene rings is 2. The Bertz CT molecular complexity index is 873. The van der Waals surface area contributed by atoms with Crippen molar-refractivity contribution in [2.75, 3.05) is 13.2 Å². The van der Waals surface area contributed by atoms with Gasteiger partial charge in [0.2, 0.25) is 5.78 Å². The second kappa shape index (κ2) is 6.84. The Labute approximate surface area is 153 Å². The molecule has 0 bridgehead atoms. The predicted octanol–water partition coefficient (Wildman–Crippen LogP) is 4.34. The van der Waals surface area contributed by atoms with Gasteiger partial charge in [-0.25, -0.2) is 0 Å². The Hall–Kier alpha value is -3.04. The van der Waals surface area contributed by atoms with E-state index in [-0.39, 0.29) is 11.1 Å². The highest BCUT2D eigenvalue weighted by atomic mass is 19.4. The molecule has 0 radical (unpaired) electrons. The van der Waals surface area contributed by atoms with Gasteiger partial charge in [-0.3, -0.25) is 9.59 Å². The minimum atomic E-state index is -4.69. The van der Waals surface area contributed by atoms with E-state index in [1.807, 2.05) is 0 Å². The number of hydrogen-bond acceptors (Lipinski definition) is 4. The van der Waals surface area contributed by atoms with Crippen molar-refractivity contribution in [1.82, 2.24) is 0 Å². The van der Waals surface area contributed by atoms with Crippen LogP contribution in [0.4, 0.5) is 26.3 Å². The summed E-state index contributed by atoms with van der Waals surface area (Å²) >= 11 is 0. The number of alkyl halides is 6. The Kier molecular flexibility index (Phi) is 4.82. The molecule has 0 spiro atoms. The van der Waals surface area contributed by atoms with Crippen LogP contribution in [-0.4, -0.2) is 37.1 Å². The summed E-state index contributed by atoms with van der Waals surface area (Å²) in [6, 6.07) is 7.07. The van der Waals surface area contributed by atoms with Gasteiger partial charge in [0.25, 0.3) is 0 Å². The molecular weight excluding hydrogens is 394 g/mol. The summed E-state index contributed by atoms with van der Waals surface area (Å²) in [6.07, 6.45) is -9.38. The van der Waals surface area contributed by atoms with Crippen LogP contribution in [0.3, 0.4) is 0 Å². The van der Waals surface area contributed by atoms with Crippen LogP contribution >= 0.6 is 0 Å². The van der Waals surface area contributed by atoms with Gasteiger partial charge in [-0.1, -0.05) is 24.3 Å². The van der Waals surface area contributed by atoms with E-state index in [9.17, 15) is 35.9 Å². The lowest BCUT2D eigenvalue weighted by Crippen LogP contribution is -2.26. The number of ether oxygens (including phenoxy) is 2. The van der Waals surface area contributed by atoms with Crippen LogP contribution in [0, 0.1) is 0 Å². The third kappa shape index (κ3) is 3.95. The molecule has 0 N–H and O–H groups in total. The number of ketones is 2. The van der Waals surface area contributed by atoms with Crippen LogP contribution in [0.2, 0.25) is 0 Å². The van der Waals surface area contributed by atoms with Crippen LogP contribution in [0.5, 0.6) is 11.5 Å². The van der Waals surface area contributed by atoms with Gasteiger partial charge in [0.15, 0.2) is 19.0 Å². The predicted molar refractivity (Wildman–Crippen MR) is 82.8 cm³/mol. The van der Waals surface area contributed by atoms with Gasteiger partial charge in [0, 0.05) is 11.1 Å². The van der Waals surface area contributed by atoms with E-state index >= 15 is 0 Å². The molecule has 1 aliphatic carbocycles. The fourth-order valence-corrected chi connectivity index (χ4v) is 2.74. The minimum absolute atomic E-state index is 0.204. The quantitative estimate of drug-likeness (QED) is 0.607. The zero-order valence-electron chi connectivity index (χ0n) is 13.8. The highest BCUT2D eigenvalue weighted by molar-refractivity contribution is 6.30. The van der Waals surface area contributed by atoms with Gasteiger partial charge in [0.1, 0.15) is 11.5 Å². The lowest BCUT2D eigenvalue weighted by molar-refractivity contribution is -0.154. The molecule has 148 valence electrons. The van der Waals surface area contributed by atoms with Crippen molar-refractivity contribution in [1.29, 1.82) is 0 Å². The average Bonchev–Trinajstić information content (AvgIpc) is 2.61. The van der Waals surface area contributed by atoms with Crippen LogP contribution in [0.15, 0.2) is 36.4 Å². The Morgan fingerprint density at radius 1 is 0.643 bits per heavy atom. The third-order valence-electron chi connectivity index (χ3n) is 3.78. The monoisotopic (exact) mass is 404 g/mol. The maximum atomic E-state index is 12.9. The summed E-state index contributed by atoms with van der Waals surface area (Å²) < 4.78 is 84.0. The fourth-order valence-electron chi connectivity index (χ4n) is 2.74. The topological polar surface area (TPSA) is 52.6 Å². The summed E-state index contributed by atoms with van der Waals surface area (Å²) in [4.78, 5) is 25.5. The maximum Gasteiger partial charge on any atom is 0.422 e. The molecule has 1 aliphatic rings. The normalized spacial score (nSPS) is 13.8. The Morgan fingerprint density at radius 2 is 1.04 bits per heavy atom. The van der Waals surface area contributed by atoms with Crippen LogP contribution in [0.25, 0.3) is 0 Å². The van der Waals surface area contributed by atoms with E-state index in [4.69, 9.17) is 0 Å². The third-order valence-corrected chi connectivity index (χ3v) is 3.78. The number of carbonyl (C=O) groups is 2. The molecule has 4 nitrogen and oxygen atoms in total. The van der Waals surface area contributed by atoms with Crippen molar-refractivity contribution in [3.63, 3.8) is 0 Å². The summed E-state index contributed by atoms with van der Waals surface area (Å²) in [6.45, 7) is -3.41. The molecule has 0 aromatic heterocycles. The van der Waals surface area contributed by atoms with E-state index in [1.54, 1.807) is 0 Å². The number of hydrogen-bond donors (Lipinski definition) is 0. The molecule has 0 aliphatic heterocycles. The van der Waals surface area contributed by atoms with Gasteiger partial charge >= 0.3 is 12.4 Å². The molecule has 10 heteroatoms. The number of carbonyl (C=O) groups excluding carboxylic acids is 2. The van der Waals surface area contributed by atoms with E-state index < -0.39 is 59.8 Å². The minimum Gasteiger partial charge on any atom is -0.483 e. The van der Waals surface area contributed by atoms with Crippen molar-refractivity contribution in [2.24, 2.45) is 0 Å². The van der Waals surface area contributed by atoms with Crippen molar-refractivity contribution in [2.45, 2.75) is 12.4 Å². The average molecular weight is 404 g/mol. The van der Waals surface area contributed by atoms with E-state index in [0.717, 1.165) is 12.1 Å². The molecule has 2 aromatic carbocycles. The smallest absolute Gasteiger partial charge is 0.422 e. The second-order valence-electron chi connectivity index (χ2n) is 5.82. The number of halogens is 6. The van der Waals surface area contributed by atoms with E-state index in [0.29, 0.717) is 0 Å². The van der Waals surface area contributed by atoms with Crippen LogP contribution < -0.4 is 9.47 Å². The first-order chi connectivity index (χ1) is 13.0. The molecule has 0 saturated carbocycles. The maximum absolute atomic E-state index is 12.9. The van der Waals surface area contributed by atoms with Gasteiger partial charge in [-0.05, 0) is 12.1 Å². The molecule has 0 atom stereocenters. The highest BCUT2D eigenvalue weighted by Gasteiger charge is 2.37. The number of rotatable bonds is 4. The highest BCUT2D eigenvalue weighted by Crippen LogP contribution is 2.38. The van der Waals surface area contributed by atoms with Gasteiger partial charge in [-0.15, -0.1) is 0 Å². The summed E-state index contributed by atoms with van der Waals surface area (Å²) in [5.74, 6) is -2.69. The molecule has 0 fully saturated rings. The summed E-state index contributed by atoms with van der Waals surface area (Å²) in [5, 5.41) is 0. The number of fused-ring (bicyclic) bond motifs is 2. The molecular formula is C18H10F6O4. The SMILES string of the molecule is O=C1c2cccc(OCC(F)(F)F)c2C(=O)c2c(OCC(F)(F)F)cccc21.